The van der Waals surface area contributed by atoms with Crippen LogP contribution in [0.1, 0.15) is 0 Å². The summed E-state index contributed by atoms with van der Waals surface area (Å²) in [7, 11) is 1.55. The van der Waals surface area contributed by atoms with Crippen LogP contribution in [0.2, 0.25) is 0 Å². The number of carboxylic acid groups (broad SMARTS) is 1. The first-order chi connectivity index (χ1) is 6.72. The van der Waals surface area contributed by atoms with E-state index in [0.29, 0.717) is 13.2 Å². The zero-order chi connectivity index (χ0) is 10.8. The van der Waals surface area contributed by atoms with Gasteiger partial charge in [0.2, 0.25) is 6.10 Å². The molecule has 0 heterocycles. The molecule has 0 bridgehead atoms. The Morgan fingerprint density at radius 3 is 2.57 bits per heavy atom. The third-order valence-electron chi connectivity index (χ3n) is 1.29. The maximum atomic E-state index is 10.3. The summed E-state index contributed by atoms with van der Waals surface area (Å²) in [4.78, 5) is 10.3. The first-order valence-electron chi connectivity index (χ1n) is 4.03. The van der Waals surface area contributed by atoms with Gasteiger partial charge in [-0.2, -0.15) is 5.26 Å². The average Bonchev–Trinajstić information content (AvgIpc) is 2.16. The number of methoxy groups -OCH3 is 1. The lowest BCUT2D eigenvalue weighted by molar-refractivity contribution is -0.147. The topological polar surface area (TPSA) is 88.8 Å². The fourth-order valence-electron chi connectivity index (χ4n) is 0.633. The van der Waals surface area contributed by atoms with Crippen molar-refractivity contribution in [2.24, 2.45) is 0 Å². The van der Waals surface area contributed by atoms with Gasteiger partial charge in [-0.15, -0.1) is 0 Å². The minimum atomic E-state index is -1.42. The summed E-state index contributed by atoms with van der Waals surface area (Å²) in [6.07, 6.45) is -1.42. The molecule has 6 nitrogen and oxygen atoms in total. The molecule has 0 aliphatic carbocycles. The largest absolute Gasteiger partial charge is 0.479 e. The van der Waals surface area contributed by atoms with Gasteiger partial charge < -0.3 is 19.3 Å². The van der Waals surface area contributed by atoms with Crippen molar-refractivity contribution in [3.63, 3.8) is 0 Å². The predicted molar refractivity (Wildman–Crippen MR) is 45.7 cm³/mol. The Balaban J connectivity index is 3.35. The van der Waals surface area contributed by atoms with Crippen LogP contribution in [0.15, 0.2) is 0 Å². The molecular formula is C8H13NO5. The minimum Gasteiger partial charge on any atom is -0.479 e. The van der Waals surface area contributed by atoms with E-state index < -0.39 is 12.1 Å². The van der Waals surface area contributed by atoms with E-state index in [9.17, 15) is 4.79 Å². The summed E-state index contributed by atoms with van der Waals surface area (Å²) < 4.78 is 14.4. The number of hydrogen-bond acceptors (Lipinski definition) is 5. The highest BCUT2D eigenvalue weighted by atomic mass is 16.6. The van der Waals surface area contributed by atoms with Crippen LogP contribution in [-0.2, 0) is 19.0 Å². The molecule has 0 aromatic rings. The maximum Gasteiger partial charge on any atom is 0.347 e. The van der Waals surface area contributed by atoms with Crippen molar-refractivity contribution >= 4 is 5.97 Å². The lowest BCUT2D eigenvalue weighted by Crippen LogP contribution is -2.23. The fraction of sp³-hybridized carbons (Fsp3) is 0.750. The monoisotopic (exact) mass is 203 g/mol. The predicted octanol–water partition coefficient (Wildman–Crippen LogP) is -0.357. The van der Waals surface area contributed by atoms with E-state index in [0.717, 1.165) is 0 Å². The van der Waals surface area contributed by atoms with E-state index in [4.69, 9.17) is 24.6 Å². The van der Waals surface area contributed by atoms with Crippen LogP contribution < -0.4 is 0 Å². The Labute approximate surface area is 82.0 Å². The van der Waals surface area contributed by atoms with Gasteiger partial charge in [-0.25, -0.2) is 4.79 Å². The molecule has 0 fully saturated rings. The Morgan fingerprint density at radius 2 is 2.07 bits per heavy atom. The molecule has 80 valence electrons. The summed E-state index contributed by atoms with van der Waals surface area (Å²) in [5.41, 5.74) is 0. The zero-order valence-corrected chi connectivity index (χ0v) is 7.93. The molecule has 0 aliphatic heterocycles. The SMILES string of the molecule is COCCOCCOC(C#N)C(=O)O. The molecule has 0 aliphatic rings. The molecule has 0 rings (SSSR count). The van der Waals surface area contributed by atoms with Crippen molar-refractivity contribution in [1.29, 1.82) is 5.26 Å². The molecule has 0 radical (unpaired) electrons. The van der Waals surface area contributed by atoms with Gasteiger partial charge >= 0.3 is 5.97 Å². The van der Waals surface area contributed by atoms with Crippen molar-refractivity contribution < 1.29 is 24.1 Å². The molecular weight excluding hydrogens is 190 g/mol. The van der Waals surface area contributed by atoms with Crippen LogP contribution in [0, 0.1) is 11.3 Å². The summed E-state index contributed by atoms with van der Waals surface area (Å²) >= 11 is 0. The van der Waals surface area contributed by atoms with Crippen LogP contribution in [-0.4, -0.2) is 50.7 Å². The van der Waals surface area contributed by atoms with Crippen molar-refractivity contribution in [2.75, 3.05) is 33.5 Å². The Morgan fingerprint density at radius 1 is 1.43 bits per heavy atom. The molecule has 14 heavy (non-hydrogen) atoms. The molecule has 1 N–H and O–H groups in total. The summed E-state index contributed by atoms with van der Waals surface area (Å²) in [5, 5.41) is 16.7. The van der Waals surface area contributed by atoms with Crippen molar-refractivity contribution in [2.45, 2.75) is 6.10 Å². The lowest BCUT2D eigenvalue weighted by atomic mass is 10.4. The number of ether oxygens (including phenoxy) is 3. The van der Waals surface area contributed by atoms with E-state index in [-0.39, 0.29) is 13.2 Å². The first-order valence-corrected chi connectivity index (χ1v) is 4.03. The van der Waals surface area contributed by atoms with Gasteiger partial charge in [0, 0.05) is 7.11 Å². The van der Waals surface area contributed by atoms with Gasteiger partial charge in [-0.05, 0) is 0 Å². The standard InChI is InChI=1S/C8H13NO5/c1-12-2-3-13-4-5-14-7(6-9)8(10)11/h7H,2-5H2,1H3,(H,10,11). The highest BCUT2D eigenvalue weighted by molar-refractivity contribution is 5.75. The average molecular weight is 203 g/mol. The molecule has 0 amide bonds. The number of nitriles is 1. The Kier molecular flexibility index (Phi) is 7.74. The maximum absolute atomic E-state index is 10.3. The molecule has 1 unspecified atom stereocenters. The van der Waals surface area contributed by atoms with E-state index in [1.807, 2.05) is 0 Å². The second-order valence-corrected chi connectivity index (χ2v) is 2.32. The second-order valence-electron chi connectivity index (χ2n) is 2.32. The van der Waals surface area contributed by atoms with Crippen LogP contribution >= 0.6 is 0 Å². The minimum absolute atomic E-state index is 0.0776. The summed E-state index contributed by atoms with van der Waals surface area (Å²) in [6.45, 7) is 1.22. The van der Waals surface area contributed by atoms with Gasteiger partial charge in [-0.3, -0.25) is 0 Å². The normalized spacial score (nSPS) is 12.0. The number of rotatable bonds is 8. The highest BCUT2D eigenvalue weighted by Gasteiger charge is 2.15. The van der Waals surface area contributed by atoms with Crippen LogP contribution in [0.25, 0.3) is 0 Å². The third kappa shape index (κ3) is 6.37. The molecule has 0 spiro atoms. The molecule has 0 aromatic carbocycles. The van der Waals surface area contributed by atoms with E-state index in [1.54, 1.807) is 7.11 Å². The second kappa shape index (κ2) is 8.44. The highest BCUT2D eigenvalue weighted by Crippen LogP contribution is 1.90. The zero-order valence-electron chi connectivity index (χ0n) is 7.93. The third-order valence-corrected chi connectivity index (χ3v) is 1.29. The molecule has 0 saturated carbocycles. The van der Waals surface area contributed by atoms with E-state index >= 15 is 0 Å². The molecule has 0 saturated heterocycles. The van der Waals surface area contributed by atoms with E-state index in [2.05, 4.69) is 0 Å². The molecule has 0 aromatic heterocycles. The molecule has 1 atom stereocenters. The number of carbonyl (C=O) groups is 1. The van der Waals surface area contributed by atoms with Crippen LogP contribution in [0.4, 0.5) is 0 Å². The number of nitrogens with zero attached hydrogens (tertiary/aromatic N) is 1. The van der Waals surface area contributed by atoms with Gasteiger partial charge in [0.15, 0.2) is 0 Å². The van der Waals surface area contributed by atoms with E-state index in [1.165, 1.54) is 6.07 Å². The smallest absolute Gasteiger partial charge is 0.347 e. The molecule has 6 heteroatoms. The van der Waals surface area contributed by atoms with Crippen molar-refractivity contribution in [1.82, 2.24) is 0 Å². The fourth-order valence-corrected chi connectivity index (χ4v) is 0.633. The quantitative estimate of drug-likeness (QED) is 0.542. The lowest BCUT2D eigenvalue weighted by Gasteiger charge is -2.06. The van der Waals surface area contributed by atoms with Crippen LogP contribution in [0.3, 0.4) is 0 Å². The summed E-state index contributed by atoms with van der Waals surface area (Å²) in [5.74, 6) is -1.29. The van der Waals surface area contributed by atoms with Gasteiger partial charge in [0.1, 0.15) is 6.07 Å². The first kappa shape index (κ1) is 12.8. The van der Waals surface area contributed by atoms with Crippen LogP contribution in [0.5, 0.6) is 0 Å². The van der Waals surface area contributed by atoms with Gasteiger partial charge in [0.25, 0.3) is 0 Å². The van der Waals surface area contributed by atoms with Gasteiger partial charge in [0.05, 0.1) is 26.4 Å². The Hall–Kier alpha value is -1.16. The summed E-state index contributed by atoms with van der Waals surface area (Å²) in [6, 6.07) is 1.50. The van der Waals surface area contributed by atoms with Crippen molar-refractivity contribution in [3.05, 3.63) is 0 Å². The number of hydrogen-bond donors (Lipinski definition) is 1. The number of carboxylic acids is 1. The number of aliphatic carboxylic acids is 1. The Bertz CT molecular complexity index is 200. The van der Waals surface area contributed by atoms with Crippen molar-refractivity contribution in [3.8, 4) is 6.07 Å². The van der Waals surface area contributed by atoms with Gasteiger partial charge in [-0.1, -0.05) is 0 Å².